The number of hydrogen-bond donors (Lipinski definition) is 1. The summed E-state index contributed by atoms with van der Waals surface area (Å²) in [4.78, 5) is 18.2. The molecule has 88 valence electrons. The van der Waals surface area contributed by atoms with Crippen LogP contribution in [0.1, 0.15) is 12.5 Å². The fourth-order valence-electron chi connectivity index (χ4n) is 1.67. The lowest BCUT2D eigenvalue weighted by atomic mass is 10.1. The summed E-state index contributed by atoms with van der Waals surface area (Å²) in [5.41, 5.74) is 0.999. The maximum absolute atomic E-state index is 13.9. The molecule has 0 amide bonds. The molecular weight excluding hydrogens is 287 g/mol. The minimum atomic E-state index is -0.403. The molecule has 0 bridgehead atoms. The van der Waals surface area contributed by atoms with Crippen LogP contribution in [-0.2, 0) is 6.42 Å². The van der Waals surface area contributed by atoms with Crippen LogP contribution in [-0.4, -0.2) is 9.97 Å². The van der Waals surface area contributed by atoms with Gasteiger partial charge in [-0.05, 0) is 34.5 Å². The molecule has 0 saturated carbocycles. The second kappa shape index (κ2) is 4.79. The summed E-state index contributed by atoms with van der Waals surface area (Å²) in [6.45, 7) is 1.84. The van der Waals surface area contributed by atoms with Crippen molar-refractivity contribution < 1.29 is 4.39 Å². The van der Waals surface area contributed by atoms with Crippen LogP contribution in [0.5, 0.6) is 0 Å². The van der Waals surface area contributed by atoms with E-state index >= 15 is 0 Å². The van der Waals surface area contributed by atoms with Crippen LogP contribution >= 0.6 is 15.9 Å². The third-order valence-electron chi connectivity index (χ3n) is 2.51. The Labute approximate surface area is 106 Å². The quantitative estimate of drug-likeness (QED) is 0.926. The summed E-state index contributed by atoms with van der Waals surface area (Å²) in [5, 5.41) is 0. The summed E-state index contributed by atoms with van der Waals surface area (Å²) in [7, 11) is 0. The van der Waals surface area contributed by atoms with Crippen molar-refractivity contribution in [1.29, 1.82) is 0 Å². The third-order valence-corrected chi connectivity index (χ3v) is 3.12. The molecule has 17 heavy (non-hydrogen) atoms. The number of halogens is 2. The summed E-state index contributed by atoms with van der Waals surface area (Å²) in [5.74, 6) is -0.403. The van der Waals surface area contributed by atoms with Gasteiger partial charge in [-0.25, -0.2) is 9.37 Å². The van der Waals surface area contributed by atoms with E-state index in [0.29, 0.717) is 27.7 Å². The van der Waals surface area contributed by atoms with Gasteiger partial charge >= 0.3 is 0 Å². The topological polar surface area (TPSA) is 45.8 Å². The SMILES string of the molecule is CCc1c(-c2cccc(Br)c2F)nc[nH]c1=O. The zero-order chi connectivity index (χ0) is 12.4. The minimum absolute atomic E-state index is 0.225. The predicted octanol–water partition coefficient (Wildman–Crippen LogP) is 2.90. The Hall–Kier alpha value is -1.49. The highest BCUT2D eigenvalue weighted by Gasteiger charge is 2.14. The van der Waals surface area contributed by atoms with Crippen LogP contribution in [0.2, 0.25) is 0 Å². The van der Waals surface area contributed by atoms with Crippen molar-refractivity contribution in [1.82, 2.24) is 9.97 Å². The first-order valence-corrected chi connectivity index (χ1v) is 5.95. The molecule has 1 aromatic heterocycles. The standard InChI is InChI=1S/C12H10BrFN2O/c1-2-7-11(15-6-16-12(7)17)8-4-3-5-9(13)10(8)14/h3-6H,2H2,1H3,(H,15,16,17). The Morgan fingerprint density at radius 3 is 2.94 bits per heavy atom. The molecule has 2 aromatic rings. The van der Waals surface area contributed by atoms with E-state index in [2.05, 4.69) is 25.9 Å². The number of H-pyrrole nitrogens is 1. The minimum Gasteiger partial charge on any atom is -0.313 e. The number of hydrogen-bond acceptors (Lipinski definition) is 2. The molecule has 1 N–H and O–H groups in total. The molecule has 0 saturated heterocycles. The van der Waals surface area contributed by atoms with E-state index in [1.807, 2.05) is 6.92 Å². The summed E-state index contributed by atoms with van der Waals surface area (Å²) >= 11 is 3.12. The smallest absolute Gasteiger partial charge is 0.254 e. The normalized spacial score (nSPS) is 10.5. The Morgan fingerprint density at radius 1 is 1.47 bits per heavy atom. The van der Waals surface area contributed by atoms with Crippen molar-refractivity contribution in [2.75, 3.05) is 0 Å². The molecule has 0 fully saturated rings. The number of nitrogens with one attached hydrogen (secondary N) is 1. The van der Waals surface area contributed by atoms with Crippen LogP contribution in [0.15, 0.2) is 33.8 Å². The first-order valence-electron chi connectivity index (χ1n) is 5.16. The molecule has 0 aliphatic carbocycles. The molecule has 0 atom stereocenters. The van der Waals surface area contributed by atoms with E-state index in [4.69, 9.17) is 0 Å². The molecule has 3 nitrogen and oxygen atoms in total. The molecular formula is C12H10BrFN2O. The second-order valence-electron chi connectivity index (χ2n) is 3.51. The first-order chi connectivity index (χ1) is 8.15. The van der Waals surface area contributed by atoms with Gasteiger partial charge in [0, 0.05) is 11.1 Å². The lowest BCUT2D eigenvalue weighted by Gasteiger charge is -2.07. The highest BCUT2D eigenvalue weighted by molar-refractivity contribution is 9.10. The number of rotatable bonds is 2. The lowest BCUT2D eigenvalue weighted by Crippen LogP contribution is -2.14. The first kappa shape index (κ1) is 12.0. The highest BCUT2D eigenvalue weighted by atomic mass is 79.9. The van der Waals surface area contributed by atoms with Gasteiger partial charge in [-0.3, -0.25) is 4.79 Å². The predicted molar refractivity (Wildman–Crippen MR) is 67.3 cm³/mol. The van der Waals surface area contributed by atoms with Gasteiger partial charge in [-0.2, -0.15) is 0 Å². The van der Waals surface area contributed by atoms with E-state index in [-0.39, 0.29) is 5.56 Å². The third kappa shape index (κ3) is 2.15. The van der Waals surface area contributed by atoms with Crippen LogP contribution < -0.4 is 5.56 Å². The van der Waals surface area contributed by atoms with Crippen molar-refractivity contribution in [3.63, 3.8) is 0 Å². The molecule has 5 heteroatoms. The van der Waals surface area contributed by atoms with Crippen molar-refractivity contribution in [3.8, 4) is 11.3 Å². The fraction of sp³-hybridized carbons (Fsp3) is 0.167. The fourth-order valence-corrected chi connectivity index (χ4v) is 2.04. The van der Waals surface area contributed by atoms with Gasteiger partial charge in [-0.1, -0.05) is 13.0 Å². The molecule has 2 rings (SSSR count). The average molecular weight is 297 g/mol. The van der Waals surface area contributed by atoms with E-state index < -0.39 is 5.82 Å². The summed E-state index contributed by atoms with van der Waals surface area (Å²) in [6, 6.07) is 4.93. The molecule has 0 unspecified atom stereocenters. The van der Waals surface area contributed by atoms with Gasteiger partial charge in [0.2, 0.25) is 0 Å². The van der Waals surface area contributed by atoms with Crippen LogP contribution in [0.3, 0.4) is 0 Å². The van der Waals surface area contributed by atoms with Crippen molar-refractivity contribution in [3.05, 3.63) is 50.7 Å². The lowest BCUT2D eigenvalue weighted by molar-refractivity contribution is 0.623. The molecule has 0 radical (unpaired) electrons. The summed E-state index contributed by atoms with van der Waals surface area (Å²) in [6.07, 6.45) is 1.79. The maximum atomic E-state index is 13.9. The van der Waals surface area contributed by atoms with Crippen LogP contribution in [0.4, 0.5) is 4.39 Å². The average Bonchev–Trinajstić information content (AvgIpc) is 2.32. The zero-order valence-electron chi connectivity index (χ0n) is 9.13. The number of aromatic nitrogens is 2. The molecule has 0 aliphatic rings. The Bertz CT molecular complexity index is 610. The van der Waals surface area contributed by atoms with Crippen LogP contribution in [0.25, 0.3) is 11.3 Å². The second-order valence-corrected chi connectivity index (χ2v) is 4.37. The van der Waals surface area contributed by atoms with Gasteiger partial charge < -0.3 is 4.98 Å². The van der Waals surface area contributed by atoms with Gasteiger partial charge in [0.15, 0.2) is 0 Å². The maximum Gasteiger partial charge on any atom is 0.254 e. The molecule has 0 spiro atoms. The Balaban J connectivity index is 2.73. The number of nitrogens with zero attached hydrogens (tertiary/aromatic N) is 1. The van der Waals surface area contributed by atoms with Gasteiger partial charge in [0.05, 0.1) is 16.5 Å². The van der Waals surface area contributed by atoms with E-state index in [1.165, 1.54) is 6.33 Å². The molecule has 0 aliphatic heterocycles. The largest absolute Gasteiger partial charge is 0.313 e. The van der Waals surface area contributed by atoms with Crippen molar-refractivity contribution in [2.24, 2.45) is 0 Å². The number of benzene rings is 1. The van der Waals surface area contributed by atoms with E-state index in [1.54, 1.807) is 18.2 Å². The van der Waals surface area contributed by atoms with Gasteiger partial charge in [0.1, 0.15) is 5.82 Å². The van der Waals surface area contributed by atoms with Crippen molar-refractivity contribution in [2.45, 2.75) is 13.3 Å². The summed E-state index contributed by atoms with van der Waals surface area (Å²) < 4.78 is 14.3. The molecule has 1 heterocycles. The van der Waals surface area contributed by atoms with E-state index in [0.717, 1.165) is 0 Å². The molecule has 1 aromatic carbocycles. The highest BCUT2D eigenvalue weighted by Crippen LogP contribution is 2.27. The zero-order valence-corrected chi connectivity index (χ0v) is 10.7. The van der Waals surface area contributed by atoms with E-state index in [9.17, 15) is 9.18 Å². The Kier molecular flexibility index (Phi) is 3.38. The van der Waals surface area contributed by atoms with Crippen molar-refractivity contribution >= 4 is 15.9 Å². The monoisotopic (exact) mass is 296 g/mol. The van der Waals surface area contributed by atoms with Gasteiger partial charge in [0.25, 0.3) is 5.56 Å². The number of aromatic amines is 1. The Morgan fingerprint density at radius 2 is 2.24 bits per heavy atom. The van der Waals surface area contributed by atoms with Crippen LogP contribution in [0, 0.1) is 5.82 Å². The van der Waals surface area contributed by atoms with Gasteiger partial charge in [-0.15, -0.1) is 0 Å².